The number of H-pyrrole nitrogens is 1. The van der Waals surface area contributed by atoms with Gasteiger partial charge in [0.05, 0.1) is 0 Å². The lowest BCUT2D eigenvalue weighted by atomic mass is 10.1. The highest BCUT2D eigenvalue weighted by Crippen LogP contribution is 2.04. The van der Waals surface area contributed by atoms with Crippen LogP contribution in [0.5, 0.6) is 0 Å². The summed E-state index contributed by atoms with van der Waals surface area (Å²) < 4.78 is 0. The quantitative estimate of drug-likeness (QED) is 0.660. The Morgan fingerprint density at radius 3 is 2.74 bits per heavy atom. The topological polar surface area (TPSA) is 82.7 Å². The summed E-state index contributed by atoms with van der Waals surface area (Å²) in [4.78, 5) is 15.4. The van der Waals surface area contributed by atoms with Gasteiger partial charge in [0.15, 0.2) is 0 Å². The minimum Gasteiger partial charge on any atom is -0.355 e. The van der Waals surface area contributed by atoms with E-state index in [4.69, 9.17) is 0 Å². The third-order valence-electron chi connectivity index (χ3n) is 2.78. The van der Waals surface area contributed by atoms with Gasteiger partial charge in [0.1, 0.15) is 12.2 Å². The van der Waals surface area contributed by atoms with Gasteiger partial charge in [-0.1, -0.05) is 12.1 Å². The lowest BCUT2D eigenvalue weighted by Crippen LogP contribution is -2.19. The lowest BCUT2D eigenvalue weighted by Gasteiger charge is -2.05. The van der Waals surface area contributed by atoms with E-state index in [9.17, 15) is 4.79 Å². The first-order chi connectivity index (χ1) is 9.29. The minimum atomic E-state index is -0.0650. The van der Waals surface area contributed by atoms with Gasteiger partial charge >= 0.3 is 0 Å². The summed E-state index contributed by atoms with van der Waals surface area (Å²) in [6, 6.07) is 7.55. The molecule has 0 bridgehead atoms. The van der Waals surface area contributed by atoms with E-state index < -0.39 is 0 Å². The second kappa shape index (κ2) is 6.65. The molecule has 100 valence electrons. The summed E-state index contributed by atoms with van der Waals surface area (Å²) >= 11 is 0. The first kappa shape index (κ1) is 13.2. The standard InChI is InChI=1S/C13H17N5O/c1-14-13(19)11-4-2-10(3-5-11)8-15-7-6-12-16-9-17-18-12/h2-5,9,15H,6-8H2,1H3,(H,14,19)(H,16,17,18). The van der Waals surface area contributed by atoms with Crippen LogP contribution in [0.4, 0.5) is 0 Å². The first-order valence-electron chi connectivity index (χ1n) is 6.15. The molecule has 19 heavy (non-hydrogen) atoms. The van der Waals surface area contributed by atoms with Crippen molar-refractivity contribution in [2.75, 3.05) is 13.6 Å². The Morgan fingerprint density at radius 1 is 1.32 bits per heavy atom. The Balaban J connectivity index is 1.75. The van der Waals surface area contributed by atoms with Gasteiger partial charge in [0, 0.05) is 32.1 Å². The van der Waals surface area contributed by atoms with E-state index in [1.54, 1.807) is 7.05 Å². The lowest BCUT2D eigenvalue weighted by molar-refractivity contribution is 0.0963. The number of rotatable bonds is 6. The van der Waals surface area contributed by atoms with Gasteiger partial charge in [-0.25, -0.2) is 4.98 Å². The highest BCUT2D eigenvalue weighted by molar-refractivity contribution is 5.93. The molecule has 1 aromatic carbocycles. The Kier molecular flexibility index (Phi) is 4.63. The fourth-order valence-corrected chi connectivity index (χ4v) is 1.71. The van der Waals surface area contributed by atoms with E-state index in [1.165, 1.54) is 6.33 Å². The number of carbonyl (C=O) groups is 1. The first-order valence-corrected chi connectivity index (χ1v) is 6.15. The van der Waals surface area contributed by atoms with Crippen LogP contribution in [0.3, 0.4) is 0 Å². The Hall–Kier alpha value is -2.21. The predicted octanol–water partition coefficient (Wildman–Crippen LogP) is 0.497. The van der Waals surface area contributed by atoms with E-state index >= 15 is 0 Å². The Labute approximate surface area is 111 Å². The average Bonchev–Trinajstić information content (AvgIpc) is 2.96. The van der Waals surface area contributed by atoms with Gasteiger partial charge < -0.3 is 10.6 Å². The van der Waals surface area contributed by atoms with Crippen molar-refractivity contribution in [3.8, 4) is 0 Å². The second-order valence-electron chi connectivity index (χ2n) is 4.13. The van der Waals surface area contributed by atoms with Gasteiger partial charge in [-0.05, 0) is 17.7 Å². The van der Waals surface area contributed by atoms with Crippen molar-refractivity contribution in [3.63, 3.8) is 0 Å². The zero-order valence-electron chi connectivity index (χ0n) is 10.8. The molecular formula is C13H17N5O. The molecule has 6 nitrogen and oxygen atoms in total. The van der Waals surface area contributed by atoms with Crippen LogP contribution in [0.15, 0.2) is 30.6 Å². The van der Waals surface area contributed by atoms with E-state index in [-0.39, 0.29) is 5.91 Å². The highest BCUT2D eigenvalue weighted by atomic mass is 16.1. The molecule has 0 aliphatic carbocycles. The Morgan fingerprint density at radius 2 is 2.11 bits per heavy atom. The van der Waals surface area contributed by atoms with Crippen LogP contribution >= 0.6 is 0 Å². The van der Waals surface area contributed by atoms with Crippen molar-refractivity contribution < 1.29 is 4.79 Å². The number of hydrogen-bond donors (Lipinski definition) is 3. The normalized spacial score (nSPS) is 10.4. The SMILES string of the molecule is CNC(=O)c1ccc(CNCCc2ncn[nH]2)cc1. The van der Waals surface area contributed by atoms with Crippen molar-refractivity contribution >= 4 is 5.91 Å². The molecule has 0 aliphatic heterocycles. The van der Waals surface area contributed by atoms with Crippen molar-refractivity contribution in [1.82, 2.24) is 25.8 Å². The molecule has 2 rings (SSSR count). The van der Waals surface area contributed by atoms with E-state index in [2.05, 4.69) is 25.8 Å². The average molecular weight is 259 g/mol. The monoisotopic (exact) mass is 259 g/mol. The van der Waals surface area contributed by atoms with Gasteiger partial charge in [0.2, 0.25) is 0 Å². The summed E-state index contributed by atoms with van der Waals surface area (Å²) in [6.07, 6.45) is 2.32. The van der Waals surface area contributed by atoms with Crippen LogP contribution in [0.2, 0.25) is 0 Å². The molecule has 0 saturated carbocycles. The van der Waals surface area contributed by atoms with Crippen molar-refractivity contribution in [2.45, 2.75) is 13.0 Å². The molecule has 3 N–H and O–H groups in total. The summed E-state index contributed by atoms with van der Waals surface area (Å²) in [5.41, 5.74) is 1.82. The van der Waals surface area contributed by atoms with Crippen LogP contribution in [0.25, 0.3) is 0 Å². The van der Waals surface area contributed by atoms with Crippen LogP contribution < -0.4 is 10.6 Å². The van der Waals surface area contributed by atoms with Gasteiger partial charge in [0.25, 0.3) is 5.91 Å². The molecule has 0 fully saturated rings. The van der Waals surface area contributed by atoms with Crippen molar-refractivity contribution in [2.24, 2.45) is 0 Å². The molecule has 0 atom stereocenters. The maximum atomic E-state index is 11.4. The smallest absolute Gasteiger partial charge is 0.251 e. The van der Waals surface area contributed by atoms with Gasteiger partial charge in [-0.15, -0.1) is 0 Å². The molecule has 6 heteroatoms. The Bertz CT molecular complexity index is 506. The zero-order valence-corrected chi connectivity index (χ0v) is 10.8. The molecule has 1 aromatic heterocycles. The minimum absolute atomic E-state index is 0.0650. The number of amides is 1. The van der Waals surface area contributed by atoms with Crippen LogP contribution in [-0.2, 0) is 13.0 Å². The van der Waals surface area contributed by atoms with Crippen LogP contribution in [0.1, 0.15) is 21.7 Å². The van der Waals surface area contributed by atoms with Crippen LogP contribution in [-0.4, -0.2) is 34.7 Å². The fourth-order valence-electron chi connectivity index (χ4n) is 1.71. The number of aromatic amines is 1. The maximum absolute atomic E-state index is 11.4. The summed E-state index contributed by atoms with van der Waals surface area (Å²) in [7, 11) is 1.63. The third kappa shape index (κ3) is 3.89. The molecule has 0 unspecified atom stereocenters. The maximum Gasteiger partial charge on any atom is 0.251 e. The largest absolute Gasteiger partial charge is 0.355 e. The van der Waals surface area contributed by atoms with Gasteiger partial charge in [-0.2, -0.15) is 5.10 Å². The molecule has 2 aromatic rings. The van der Waals surface area contributed by atoms with E-state index in [0.29, 0.717) is 5.56 Å². The molecule has 1 heterocycles. The van der Waals surface area contributed by atoms with Crippen molar-refractivity contribution in [1.29, 1.82) is 0 Å². The third-order valence-corrected chi connectivity index (χ3v) is 2.78. The number of hydrogen-bond acceptors (Lipinski definition) is 4. The summed E-state index contributed by atoms with van der Waals surface area (Å²) in [6.45, 7) is 1.59. The number of benzene rings is 1. The molecule has 1 amide bonds. The van der Waals surface area contributed by atoms with Crippen LogP contribution in [0, 0.1) is 0 Å². The summed E-state index contributed by atoms with van der Waals surface area (Å²) in [5, 5.41) is 12.5. The van der Waals surface area contributed by atoms with E-state index in [1.807, 2.05) is 24.3 Å². The molecule has 0 saturated heterocycles. The number of nitrogens with zero attached hydrogens (tertiary/aromatic N) is 2. The van der Waals surface area contributed by atoms with Crippen molar-refractivity contribution in [3.05, 3.63) is 47.5 Å². The number of carbonyl (C=O) groups excluding carboxylic acids is 1. The molecule has 0 aliphatic rings. The number of nitrogens with one attached hydrogen (secondary N) is 3. The number of aromatic nitrogens is 3. The molecular weight excluding hydrogens is 242 g/mol. The predicted molar refractivity (Wildman–Crippen MR) is 71.6 cm³/mol. The molecule has 0 spiro atoms. The summed E-state index contributed by atoms with van der Waals surface area (Å²) in [5.74, 6) is 0.812. The van der Waals surface area contributed by atoms with E-state index in [0.717, 1.165) is 30.9 Å². The fraction of sp³-hybridized carbons (Fsp3) is 0.308. The second-order valence-corrected chi connectivity index (χ2v) is 4.13. The zero-order chi connectivity index (χ0) is 13.5. The highest BCUT2D eigenvalue weighted by Gasteiger charge is 2.02. The molecule has 0 radical (unpaired) electrons. The van der Waals surface area contributed by atoms with Gasteiger partial charge in [-0.3, -0.25) is 9.89 Å².